The molecule has 0 N–H and O–H groups in total. The number of rotatable bonds is 1. The van der Waals surface area contributed by atoms with Gasteiger partial charge in [0, 0.05) is 17.7 Å². The highest BCUT2D eigenvalue weighted by Gasteiger charge is 2.35. The second-order valence-electron chi connectivity index (χ2n) is 6.62. The van der Waals surface area contributed by atoms with Crippen molar-refractivity contribution in [2.45, 2.75) is 32.5 Å². The Bertz CT molecular complexity index is 556. The molecule has 0 bridgehead atoms. The average molecular weight is 271 g/mol. The Hall–Kier alpha value is -1.35. The predicted molar refractivity (Wildman–Crippen MR) is 80.7 cm³/mol. The van der Waals surface area contributed by atoms with Crippen LogP contribution in [0.3, 0.4) is 0 Å². The van der Waals surface area contributed by atoms with E-state index >= 15 is 0 Å². The van der Waals surface area contributed by atoms with Crippen LogP contribution in [0, 0.1) is 5.92 Å². The molecule has 0 saturated carbocycles. The molecule has 1 heterocycles. The molecule has 1 aromatic carbocycles. The van der Waals surface area contributed by atoms with Crippen molar-refractivity contribution in [2.75, 3.05) is 6.54 Å². The maximum Gasteiger partial charge on any atom is 0.190 e. The molecule has 19 heavy (non-hydrogen) atoms. The van der Waals surface area contributed by atoms with E-state index in [9.17, 15) is 4.79 Å². The molecule has 0 spiro atoms. The molecule has 0 amide bonds. The number of fused-ring (bicyclic) bond motifs is 2. The second-order valence-corrected chi connectivity index (χ2v) is 11.5. The lowest BCUT2D eigenvalue weighted by Gasteiger charge is -2.41. The van der Waals surface area contributed by atoms with Gasteiger partial charge in [-0.2, -0.15) is 0 Å². The van der Waals surface area contributed by atoms with E-state index in [1.807, 2.05) is 18.2 Å². The highest BCUT2D eigenvalue weighted by Crippen LogP contribution is 2.35. The summed E-state index contributed by atoms with van der Waals surface area (Å²) >= 11 is 0. The van der Waals surface area contributed by atoms with Gasteiger partial charge in [0.2, 0.25) is 0 Å². The lowest BCUT2D eigenvalue weighted by molar-refractivity contribution is 0.100. The van der Waals surface area contributed by atoms with Crippen molar-refractivity contribution in [1.82, 2.24) is 4.57 Å². The number of ketones is 1. The first kappa shape index (κ1) is 12.7. The molecule has 2 aliphatic rings. The van der Waals surface area contributed by atoms with Gasteiger partial charge in [-0.25, -0.2) is 0 Å². The monoisotopic (exact) mass is 271 g/mol. The van der Waals surface area contributed by atoms with Gasteiger partial charge in [0.1, 0.15) is 8.24 Å². The van der Waals surface area contributed by atoms with E-state index in [2.05, 4.69) is 36.5 Å². The minimum Gasteiger partial charge on any atom is -0.403 e. The summed E-state index contributed by atoms with van der Waals surface area (Å²) in [5.74, 6) is 0.699. The van der Waals surface area contributed by atoms with E-state index in [-0.39, 0.29) is 5.78 Å². The number of nitrogens with zero attached hydrogens (tertiary/aromatic N) is 1. The number of hydrogen-bond acceptors (Lipinski definition) is 2. The number of carbonyl (C=O) groups excluding carboxylic acids is 1. The van der Waals surface area contributed by atoms with Gasteiger partial charge < -0.3 is 4.57 Å². The van der Waals surface area contributed by atoms with Crippen molar-refractivity contribution in [3.05, 3.63) is 47.2 Å². The molecule has 1 aromatic rings. The summed E-state index contributed by atoms with van der Waals surface area (Å²) in [6.45, 7) is 8.13. The van der Waals surface area contributed by atoms with Crippen molar-refractivity contribution in [3.63, 3.8) is 0 Å². The van der Waals surface area contributed by atoms with Crippen molar-refractivity contribution in [1.29, 1.82) is 0 Å². The molecule has 1 aliphatic heterocycles. The molecule has 100 valence electrons. The summed E-state index contributed by atoms with van der Waals surface area (Å²) in [5, 5.41) is 0. The van der Waals surface area contributed by atoms with Gasteiger partial charge in [-0.3, -0.25) is 4.79 Å². The average Bonchev–Trinajstić information content (AvgIpc) is 2.37. The van der Waals surface area contributed by atoms with Gasteiger partial charge in [-0.15, -0.1) is 0 Å². The molecule has 1 aliphatic carbocycles. The number of allylic oxidation sites excluding steroid dienone is 1. The first-order valence-corrected chi connectivity index (χ1v) is 10.5. The Labute approximate surface area is 116 Å². The van der Waals surface area contributed by atoms with E-state index in [0.29, 0.717) is 5.92 Å². The maximum atomic E-state index is 12.6. The Kier molecular flexibility index (Phi) is 2.89. The van der Waals surface area contributed by atoms with Crippen LogP contribution in [0.2, 0.25) is 19.6 Å². The van der Waals surface area contributed by atoms with Gasteiger partial charge >= 0.3 is 0 Å². The van der Waals surface area contributed by atoms with E-state index in [4.69, 9.17) is 0 Å². The zero-order valence-corrected chi connectivity index (χ0v) is 12.9. The zero-order valence-electron chi connectivity index (χ0n) is 11.9. The number of Topliss-reactive ketones (excluding diaryl/α,β-unsaturated/α-hetero) is 1. The third-order valence-corrected chi connectivity index (χ3v) is 6.38. The van der Waals surface area contributed by atoms with Crippen LogP contribution >= 0.6 is 0 Å². The van der Waals surface area contributed by atoms with Crippen LogP contribution in [0.15, 0.2) is 36.0 Å². The van der Waals surface area contributed by atoms with Crippen LogP contribution in [0.4, 0.5) is 0 Å². The fourth-order valence-corrected chi connectivity index (χ4v) is 4.44. The van der Waals surface area contributed by atoms with Gasteiger partial charge in [-0.1, -0.05) is 43.9 Å². The summed E-state index contributed by atoms with van der Waals surface area (Å²) in [6, 6.07) is 8.09. The van der Waals surface area contributed by atoms with E-state index in [0.717, 1.165) is 30.5 Å². The lowest BCUT2D eigenvalue weighted by Crippen LogP contribution is -2.47. The molecule has 0 radical (unpaired) electrons. The zero-order chi connectivity index (χ0) is 13.6. The smallest absolute Gasteiger partial charge is 0.190 e. The minimum atomic E-state index is -1.35. The third kappa shape index (κ3) is 2.16. The van der Waals surface area contributed by atoms with Gasteiger partial charge in [0.25, 0.3) is 0 Å². The second kappa shape index (κ2) is 4.34. The molecule has 0 fully saturated rings. The normalized spacial score (nSPS) is 22.7. The molecule has 3 rings (SSSR count). The quantitative estimate of drug-likeness (QED) is 0.729. The van der Waals surface area contributed by atoms with Crippen LogP contribution < -0.4 is 0 Å². The Morgan fingerprint density at radius 3 is 2.68 bits per heavy atom. The summed E-state index contributed by atoms with van der Waals surface area (Å²) < 4.78 is 2.45. The minimum absolute atomic E-state index is 0.259. The van der Waals surface area contributed by atoms with Crippen LogP contribution in [0.5, 0.6) is 0 Å². The van der Waals surface area contributed by atoms with Crippen molar-refractivity contribution >= 4 is 14.0 Å². The molecule has 3 heteroatoms. The number of carbonyl (C=O) groups is 1. The molecular formula is C16H21NOSi. The molecule has 0 aromatic heterocycles. The van der Waals surface area contributed by atoms with Crippen LogP contribution in [-0.2, 0) is 6.42 Å². The first-order valence-electron chi connectivity index (χ1n) is 7.08. The summed E-state index contributed by atoms with van der Waals surface area (Å²) in [4.78, 5) is 12.6. The molecular weight excluding hydrogens is 250 g/mol. The Morgan fingerprint density at radius 2 is 1.95 bits per heavy atom. The lowest BCUT2D eigenvalue weighted by atomic mass is 9.77. The summed E-state index contributed by atoms with van der Waals surface area (Å²) in [6.07, 6.45) is 4.34. The van der Waals surface area contributed by atoms with Gasteiger partial charge in [0.05, 0.1) is 0 Å². The highest BCUT2D eigenvalue weighted by molar-refractivity contribution is 6.73. The summed E-state index contributed by atoms with van der Waals surface area (Å²) in [7, 11) is -1.35. The number of hydrogen-bond donors (Lipinski definition) is 0. The SMILES string of the molecule is C[Si](C)(C)N1C=C2C(=O)c3ccccc3CC2CC1. The van der Waals surface area contributed by atoms with E-state index in [1.54, 1.807) is 0 Å². The molecule has 1 atom stereocenters. The van der Waals surface area contributed by atoms with E-state index in [1.165, 1.54) is 5.56 Å². The summed E-state index contributed by atoms with van der Waals surface area (Å²) in [5.41, 5.74) is 3.20. The first-order chi connectivity index (χ1) is 8.97. The fraction of sp³-hybridized carbons (Fsp3) is 0.438. The van der Waals surface area contributed by atoms with Crippen LogP contribution in [0.1, 0.15) is 22.3 Å². The van der Waals surface area contributed by atoms with E-state index < -0.39 is 8.24 Å². The topological polar surface area (TPSA) is 20.3 Å². The molecule has 1 unspecified atom stereocenters. The van der Waals surface area contributed by atoms with Crippen LogP contribution in [-0.4, -0.2) is 25.1 Å². The fourth-order valence-electron chi connectivity index (χ4n) is 3.11. The van der Waals surface area contributed by atoms with Crippen molar-refractivity contribution in [2.24, 2.45) is 5.92 Å². The Balaban J connectivity index is 2.01. The highest BCUT2D eigenvalue weighted by atomic mass is 28.3. The maximum absolute atomic E-state index is 12.6. The third-order valence-electron chi connectivity index (χ3n) is 4.31. The Morgan fingerprint density at radius 1 is 1.21 bits per heavy atom. The molecule has 0 saturated heterocycles. The molecule has 2 nitrogen and oxygen atoms in total. The van der Waals surface area contributed by atoms with Crippen molar-refractivity contribution in [3.8, 4) is 0 Å². The van der Waals surface area contributed by atoms with Crippen molar-refractivity contribution < 1.29 is 4.79 Å². The van der Waals surface area contributed by atoms with Gasteiger partial charge in [-0.05, 0) is 30.5 Å². The van der Waals surface area contributed by atoms with Crippen LogP contribution in [0.25, 0.3) is 0 Å². The predicted octanol–water partition coefficient (Wildman–Crippen LogP) is 3.47. The largest absolute Gasteiger partial charge is 0.403 e. The number of benzene rings is 1. The van der Waals surface area contributed by atoms with Gasteiger partial charge in [0.15, 0.2) is 5.78 Å². The standard InChI is InChI=1S/C16H21NOSi/c1-19(2,3)17-9-8-13-10-12-6-4-5-7-14(12)16(18)15(13)11-17/h4-7,11,13H,8-10H2,1-3H3.